The van der Waals surface area contributed by atoms with E-state index >= 15 is 0 Å². The van der Waals surface area contributed by atoms with Gasteiger partial charge in [0, 0.05) is 41.3 Å². The van der Waals surface area contributed by atoms with Crippen molar-refractivity contribution in [3.63, 3.8) is 0 Å². The monoisotopic (exact) mass is 314 g/mol. The molecule has 1 aromatic carbocycles. The maximum absolute atomic E-state index is 3.57. The topological polar surface area (TPSA) is 6.48 Å². The molecule has 0 saturated carbocycles. The van der Waals surface area contributed by atoms with Gasteiger partial charge in [-0.05, 0) is 37.9 Å². The van der Waals surface area contributed by atoms with Gasteiger partial charge in [0.15, 0.2) is 0 Å². The van der Waals surface area contributed by atoms with Gasteiger partial charge in [0.1, 0.15) is 0 Å². The number of thioether (sulfide) groups is 1. The molecule has 2 rings (SSSR count). The molecule has 0 aliphatic carbocycles. The fraction of sp³-hybridized carbons (Fsp3) is 0.538. The minimum absolute atomic E-state index is 0.998. The van der Waals surface area contributed by atoms with Crippen molar-refractivity contribution in [2.75, 3.05) is 43.6 Å². The highest BCUT2D eigenvalue weighted by molar-refractivity contribution is 9.10. The van der Waals surface area contributed by atoms with E-state index in [0.717, 1.165) is 6.54 Å². The number of benzene rings is 1. The van der Waals surface area contributed by atoms with Crippen LogP contribution in [0.4, 0.5) is 5.69 Å². The van der Waals surface area contributed by atoms with Crippen LogP contribution in [0.25, 0.3) is 0 Å². The highest BCUT2D eigenvalue weighted by atomic mass is 79.9. The van der Waals surface area contributed by atoms with Gasteiger partial charge in [0.2, 0.25) is 0 Å². The van der Waals surface area contributed by atoms with E-state index in [1.807, 2.05) is 0 Å². The smallest absolute Gasteiger partial charge is 0.0413 e. The first-order chi connectivity index (χ1) is 8.16. The first-order valence-corrected chi connectivity index (χ1v) is 7.87. The molecule has 1 aliphatic rings. The van der Waals surface area contributed by atoms with Crippen molar-refractivity contribution in [2.45, 2.75) is 6.54 Å². The molecule has 17 heavy (non-hydrogen) atoms. The van der Waals surface area contributed by atoms with E-state index in [9.17, 15) is 0 Å². The van der Waals surface area contributed by atoms with E-state index in [4.69, 9.17) is 0 Å². The predicted octanol–water partition coefficient (Wildman–Crippen LogP) is 3.06. The first-order valence-electron chi connectivity index (χ1n) is 5.92. The lowest BCUT2D eigenvalue weighted by Crippen LogP contribution is -2.33. The lowest BCUT2D eigenvalue weighted by Gasteiger charge is -2.31. The molecule has 2 nitrogen and oxygen atoms in total. The zero-order chi connectivity index (χ0) is 12.3. The third-order valence-corrected chi connectivity index (χ3v) is 4.32. The second kappa shape index (κ2) is 6.12. The third kappa shape index (κ3) is 3.63. The maximum Gasteiger partial charge on any atom is 0.0413 e. The van der Waals surface area contributed by atoms with Crippen molar-refractivity contribution in [3.05, 3.63) is 28.2 Å². The highest BCUT2D eigenvalue weighted by Crippen LogP contribution is 2.27. The summed E-state index contributed by atoms with van der Waals surface area (Å²) in [6.07, 6.45) is 0. The number of rotatable bonds is 3. The summed E-state index contributed by atoms with van der Waals surface area (Å²) in [4.78, 5) is 4.74. The van der Waals surface area contributed by atoms with Crippen LogP contribution in [0.15, 0.2) is 22.7 Å². The first kappa shape index (κ1) is 13.2. The van der Waals surface area contributed by atoms with Crippen molar-refractivity contribution in [1.82, 2.24) is 4.90 Å². The number of nitrogens with zero attached hydrogens (tertiary/aromatic N) is 2. The van der Waals surface area contributed by atoms with Crippen molar-refractivity contribution in [1.29, 1.82) is 0 Å². The van der Waals surface area contributed by atoms with Crippen molar-refractivity contribution < 1.29 is 0 Å². The minimum Gasteiger partial charge on any atom is -0.370 e. The number of hydrogen-bond acceptors (Lipinski definition) is 3. The molecule has 94 valence electrons. The fourth-order valence-electron chi connectivity index (χ4n) is 2.13. The second-order valence-corrected chi connectivity index (χ2v) is 6.75. The molecule has 0 spiro atoms. The Morgan fingerprint density at radius 3 is 2.65 bits per heavy atom. The summed E-state index contributed by atoms with van der Waals surface area (Å²) < 4.78 is 1.17. The largest absolute Gasteiger partial charge is 0.370 e. The summed E-state index contributed by atoms with van der Waals surface area (Å²) >= 11 is 5.62. The molecular weight excluding hydrogens is 296 g/mol. The molecule has 0 unspecified atom stereocenters. The molecule has 1 fully saturated rings. The molecule has 1 saturated heterocycles. The van der Waals surface area contributed by atoms with E-state index in [-0.39, 0.29) is 0 Å². The summed E-state index contributed by atoms with van der Waals surface area (Å²) in [5, 5.41) is 0. The molecular formula is C13H19BrN2S. The van der Waals surface area contributed by atoms with Gasteiger partial charge in [-0.15, -0.1) is 0 Å². The molecule has 0 bridgehead atoms. The molecule has 0 aromatic heterocycles. The summed E-state index contributed by atoms with van der Waals surface area (Å²) in [5.41, 5.74) is 2.82. The quantitative estimate of drug-likeness (QED) is 0.846. The molecule has 0 atom stereocenters. The molecule has 4 heteroatoms. The molecule has 0 N–H and O–H groups in total. The number of halogens is 1. The Labute approximate surface area is 116 Å². The van der Waals surface area contributed by atoms with Crippen LogP contribution in [-0.2, 0) is 6.54 Å². The maximum atomic E-state index is 3.57. The Hall–Kier alpha value is -0.190. The zero-order valence-corrected chi connectivity index (χ0v) is 12.9. The normalized spacial score (nSPS) is 16.6. The van der Waals surface area contributed by atoms with Gasteiger partial charge in [-0.3, -0.25) is 0 Å². The van der Waals surface area contributed by atoms with Gasteiger partial charge in [-0.25, -0.2) is 0 Å². The number of anilines is 1. The average Bonchev–Trinajstić information content (AvgIpc) is 2.29. The van der Waals surface area contributed by atoms with Crippen molar-refractivity contribution >= 4 is 33.4 Å². The van der Waals surface area contributed by atoms with Gasteiger partial charge in [0.05, 0.1) is 0 Å². The lowest BCUT2D eigenvalue weighted by atomic mass is 10.1. The average molecular weight is 315 g/mol. The molecule has 0 radical (unpaired) electrons. The van der Waals surface area contributed by atoms with Crippen molar-refractivity contribution in [3.8, 4) is 0 Å². The Bertz CT molecular complexity index is 376. The van der Waals surface area contributed by atoms with Crippen molar-refractivity contribution in [2.24, 2.45) is 0 Å². The zero-order valence-electron chi connectivity index (χ0n) is 10.4. The van der Waals surface area contributed by atoms with Gasteiger partial charge >= 0.3 is 0 Å². The summed E-state index contributed by atoms with van der Waals surface area (Å²) in [6.45, 7) is 3.35. The molecule has 1 aliphatic heterocycles. The van der Waals surface area contributed by atoms with Crippen LogP contribution in [0.5, 0.6) is 0 Å². The predicted molar refractivity (Wildman–Crippen MR) is 81.1 cm³/mol. The SMILES string of the molecule is CN(C)Cc1cc(Br)ccc1N1CCSCC1. The Morgan fingerprint density at radius 2 is 2.00 bits per heavy atom. The van der Waals surface area contributed by atoms with Crippen LogP contribution in [0.1, 0.15) is 5.56 Å². The molecule has 0 amide bonds. The Kier molecular flexibility index (Phi) is 4.77. The van der Waals surface area contributed by atoms with Gasteiger partial charge < -0.3 is 9.80 Å². The Balaban J connectivity index is 2.24. The van der Waals surface area contributed by atoms with Crippen LogP contribution < -0.4 is 4.90 Å². The standard InChI is InChI=1S/C13H19BrN2S/c1-15(2)10-11-9-12(14)3-4-13(11)16-5-7-17-8-6-16/h3-4,9H,5-8,10H2,1-2H3. The lowest BCUT2D eigenvalue weighted by molar-refractivity contribution is 0.402. The fourth-order valence-corrected chi connectivity index (χ4v) is 3.45. The van der Waals surface area contributed by atoms with E-state index in [0.29, 0.717) is 0 Å². The van der Waals surface area contributed by atoms with Gasteiger partial charge in [0.25, 0.3) is 0 Å². The molecule has 1 aromatic rings. The van der Waals surface area contributed by atoms with Crippen LogP contribution in [0.2, 0.25) is 0 Å². The van der Waals surface area contributed by atoms with Crippen LogP contribution in [-0.4, -0.2) is 43.6 Å². The number of hydrogen-bond donors (Lipinski definition) is 0. The summed E-state index contributed by atoms with van der Waals surface area (Å²) in [5.74, 6) is 2.49. The minimum atomic E-state index is 0.998. The summed E-state index contributed by atoms with van der Waals surface area (Å²) in [7, 11) is 4.24. The van der Waals surface area contributed by atoms with Crippen LogP contribution >= 0.6 is 27.7 Å². The second-order valence-electron chi connectivity index (χ2n) is 4.61. The summed E-state index contributed by atoms with van der Waals surface area (Å²) in [6, 6.07) is 6.65. The van der Waals surface area contributed by atoms with Gasteiger partial charge in [-0.2, -0.15) is 11.8 Å². The van der Waals surface area contributed by atoms with E-state index in [2.05, 4.69) is 69.8 Å². The Morgan fingerprint density at radius 1 is 1.29 bits per heavy atom. The van der Waals surface area contributed by atoms with Crippen LogP contribution in [0, 0.1) is 0 Å². The van der Waals surface area contributed by atoms with E-state index < -0.39 is 0 Å². The van der Waals surface area contributed by atoms with E-state index in [1.165, 1.54) is 40.3 Å². The van der Waals surface area contributed by atoms with E-state index in [1.54, 1.807) is 0 Å². The van der Waals surface area contributed by atoms with Gasteiger partial charge in [-0.1, -0.05) is 15.9 Å². The highest BCUT2D eigenvalue weighted by Gasteiger charge is 2.15. The third-order valence-electron chi connectivity index (χ3n) is 2.88. The van der Waals surface area contributed by atoms with Crippen LogP contribution in [0.3, 0.4) is 0 Å². The molecule has 1 heterocycles.